The minimum Gasteiger partial charge on any atom is -0.392 e. The van der Waals surface area contributed by atoms with Crippen molar-refractivity contribution in [3.8, 4) is 0 Å². The molecule has 5 heteroatoms. The van der Waals surface area contributed by atoms with Gasteiger partial charge in [0.25, 0.3) is 0 Å². The summed E-state index contributed by atoms with van der Waals surface area (Å²) >= 11 is 0. The van der Waals surface area contributed by atoms with E-state index in [9.17, 15) is 14.7 Å². The topological polar surface area (TPSA) is 69.6 Å². The normalized spacial score (nSPS) is 19.6. The average molecular weight is 304 g/mol. The van der Waals surface area contributed by atoms with Crippen molar-refractivity contribution in [2.24, 2.45) is 5.92 Å². The first-order valence-corrected chi connectivity index (χ1v) is 7.77. The number of nitrogens with one attached hydrogen (secondary N) is 1. The summed E-state index contributed by atoms with van der Waals surface area (Å²) in [6, 6.07) is 7.91. The van der Waals surface area contributed by atoms with Gasteiger partial charge in [0.15, 0.2) is 0 Å². The molecule has 0 bridgehead atoms. The molecule has 2 amide bonds. The Kier molecular flexibility index (Phi) is 5.19. The van der Waals surface area contributed by atoms with Crippen LogP contribution in [0.1, 0.15) is 38.7 Å². The Morgan fingerprint density at radius 2 is 1.95 bits per heavy atom. The quantitative estimate of drug-likeness (QED) is 0.813. The van der Waals surface area contributed by atoms with E-state index in [0.29, 0.717) is 18.9 Å². The highest BCUT2D eigenvalue weighted by Gasteiger charge is 2.37. The van der Waals surface area contributed by atoms with Gasteiger partial charge in [-0.25, -0.2) is 0 Å². The highest BCUT2D eigenvalue weighted by molar-refractivity contribution is 6.09. The van der Waals surface area contributed by atoms with E-state index in [-0.39, 0.29) is 18.4 Å². The molecule has 0 aromatic heterocycles. The summed E-state index contributed by atoms with van der Waals surface area (Å²) in [5.41, 5.74) is 2.06. The van der Waals surface area contributed by atoms with E-state index in [1.807, 2.05) is 24.3 Å². The van der Waals surface area contributed by atoms with Gasteiger partial charge in [-0.15, -0.1) is 0 Å². The highest BCUT2D eigenvalue weighted by atomic mass is 16.3. The van der Waals surface area contributed by atoms with E-state index in [4.69, 9.17) is 0 Å². The number of hydrogen-bond acceptors (Lipinski definition) is 3. The Bertz CT molecular complexity index is 537. The number of benzene rings is 1. The molecule has 1 aliphatic heterocycles. The first kappa shape index (κ1) is 16.5. The molecule has 2 atom stereocenters. The third kappa shape index (κ3) is 3.65. The molecule has 120 valence electrons. The zero-order valence-electron chi connectivity index (χ0n) is 13.4. The molecule has 0 aliphatic carbocycles. The van der Waals surface area contributed by atoms with Gasteiger partial charge >= 0.3 is 0 Å². The summed E-state index contributed by atoms with van der Waals surface area (Å²) in [4.78, 5) is 26.1. The van der Waals surface area contributed by atoms with Crippen molar-refractivity contribution in [1.82, 2.24) is 5.32 Å². The lowest BCUT2D eigenvalue weighted by atomic mass is 10.0. The predicted molar refractivity (Wildman–Crippen MR) is 85.7 cm³/mol. The average Bonchev–Trinajstić information content (AvgIpc) is 2.86. The van der Waals surface area contributed by atoms with Crippen LogP contribution in [0.3, 0.4) is 0 Å². The van der Waals surface area contributed by atoms with Crippen LogP contribution in [0.15, 0.2) is 24.3 Å². The van der Waals surface area contributed by atoms with Gasteiger partial charge in [0.1, 0.15) is 5.92 Å². The molecule has 1 aliphatic rings. The Hall–Kier alpha value is -1.88. The van der Waals surface area contributed by atoms with Gasteiger partial charge < -0.3 is 15.3 Å². The number of rotatable bonds is 5. The first-order valence-electron chi connectivity index (χ1n) is 7.77. The van der Waals surface area contributed by atoms with Gasteiger partial charge in [-0.2, -0.15) is 0 Å². The predicted octanol–water partition coefficient (Wildman–Crippen LogP) is 1.66. The largest absolute Gasteiger partial charge is 0.392 e. The zero-order valence-corrected chi connectivity index (χ0v) is 13.4. The molecule has 1 saturated heterocycles. The Morgan fingerprint density at radius 1 is 1.32 bits per heavy atom. The maximum atomic E-state index is 12.4. The van der Waals surface area contributed by atoms with E-state index in [1.165, 1.54) is 5.56 Å². The van der Waals surface area contributed by atoms with Gasteiger partial charge in [0.2, 0.25) is 11.8 Å². The van der Waals surface area contributed by atoms with Crippen LogP contribution in [0, 0.1) is 5.92 Å². The minimum atomic E-state index is -0.650. The molecule has 1 aromatic rings. The van der Waals surface area contributed by atoms with Crippen molar-refractivity contribution in [3.05, 3.63) is 29.8 Å². The number of carbonyl (C=O) groups is 2. The number of aliphatic hydroxyl groups is 1. The lowest BCUT2D eigenvalue weighted by Gasteiger charge is -2.18. The van der Waals surface area contributed by atoms with Crippen molar-refractivity contribution < 1.29 is 14.7 Å². The molecule has 1 heterocycles. The molecule has 2 N–H and O–H groups in total. The number of anilines is 1. The Labute approximate surface area is 131 Å². The smallest absolute Gasteiger partial charge is 0.239 e. The molecule has 2 unspecified atom stereocenters. The van der Waals surface area contributed by atoms with E-state index < -0.39 is 12.0 Å². The molecule has 0 saturated carbocycles. The second-order valence-corrected chi connectivity index (χ2v) is 6.17. The van der Waals surface area contributed by atoms with Crippen LogP contribution in [-0.2, 0) is 9.59 Å². The molecule has 0 spiro atoms. The van der Waals surface area contributed by atoms with Crippen LogP contribution in [0.4, 0.5) is 5.69 Å². The number of aliphatic hydroxyl groups excluding tert-OH is 1. The SMILES string of the molecule is CC(O)CNC(=O)C1CCN(c2ccc(C(C)C)cc2)C1=O. The highest BCUT2D eigenvalue weighted by Crippen LogP contribution is 2.27. The van der Waals surface area contributed by atoms with Crippen LogP contribution >= 0.6 is 0 Å². The second-order valence-electron chi connectivity index (χ2n) is 6.17. The second kappa shape index (κ2) is 6.92. The summed E-state index contributed by atoms with van der Waals surface area (Å²) in [5, 5.41) is 11.8. The van der Waals surface area contributed by atoms with E-state index in [0.717, 1.165) is 5.69 Å². The van der Waals surface area contributed by atoms with Crippen molar-refractivity contribution in [3.63, 3.8) is 0 Å². The molecule has 1 aromatic carbocycles. The number of amides is 2. The summed E-state index contributed by atoms with van der Waals surface area (Å²) < 4.78 is 0. The summed E-state index contributed by atoms with van der Waals surface area (Å²) in [6.45, 7) is 6.56. The summed E-state index contributed by atoms with van der Waals surface area (Å²) in [6.07, 6.45) is -0.101. The molecular weight excluding hydrogens is 280 g/mol. The fourth-order valence-electron chi connectivity index (χ4n) is 2.59. The van der Waals surface area contributed by atoms with Crippen LogP contribution in [0.25, 0.3) is 0 Å². The molecule has 22 heavy (non-hydrogen) atoms. The Balaban J connectivity index is 2.03. The van der Waals surface area contributed by atoms with Crippen molar-refractivity contribution >= 4 is 17.5 Å². The first-order chi connectivity index (χ1) is 10.4. The monoisotopic (exact) mass is 304 g/mol. The van der Waals surface area contributed by atoms with Crippen LogP contribution in [0.2, 0.25) is 0 Å². The number of carbonyl (C=O) groups excluding carboxylic acids is 2. The van der Waals surface area contributed by atoms with Crippen LogP contribution in [-0.4, -0.2) is 36.1 Å². The maximum Gasteiger partial charge on any atom is 0.239 e. The van der Waals surface area contributed by atoms with Gasteiger partial charge in [0.05, 0.1) is 6.10 Å². The van der Waals surface area contributed by atoms with Crippen molar-refractivity contribution in [2.75, 3.05) is 18.0 Å². The van der Waals surface area contributed by atoms with Crippen molar-refractivity contribution in [1.29, 1.82) is 0 Å². The fraction of sp³-hybridized carbons (Fsp3) is 0.529. The van der Waals surface area contributed by atoms with Gasteiger partial charge in [0, 0.05) is 18.8 Å². The summed E-state index contributed by atoms with van der Waals surface area (Å²) in [7, 11) is 0. The molecular formula is C17H24N2O3. The molecule has 2 rings (SSSR count). The van der Waals surface area contributed by atoms with E-state index >= 15 is 0 Å². The fourth-order valence-corrected chi connectivity index (χ4v) is 2.59. The minimum absolute atomic E-state index is 0.166. The molecule has 1 fully saturated rings. The van der Waals surface area contributed by atoms with Crippen LogP contribution < -0.4 is 10.2 Å². The van der Waals surface area contributed by atoms with Crippen LogP contribution in [0.5, 0.6) is 0 Å². The van der Waals surface area contributed by atoms with E-state index in [1.54, 1.807) is 11.8 Å². The third-order valence-electron chi connectivity index (χ3n) is 3.97. The Morgan fingerprint density at radius 3 is 2.50 bits per heavy atom. The standard InChI is InChI=1S/C17H24N2O3/c1-11(2)13-4-6-14(7-5-13)19-9-8-15(17(19)22)16(21)18-10-12(3)20/h4-7,11-12,15,20H,8-10H2,1-3H3,(H,18,21). The lowest BCUT2D eigenvalue weighted by molar-refractivity contribution is -0.132. The zero-order chi connectivity index (χ0) is 16.3. The van der Waals surface area contributed by atoms with Gasteiger partial charge in [-0.3, -0.25) is 9.59 Å². The third-order valence-corrected chi connectivity index (χ3v) is 3.97. The molecule has 0 radical (unpaired) electrons. The van der Waals surface area contributed by atoms with E-state index in [2.05, 4.69) is 19.2 Å². The molecule has 5 nitrogen and oxygen atoms in total. The number of hydrogen-bond donors (Lipinski definition) is 2. The van der Waals surface area contributed by atoms with Crippen molar-refractivity contribution in [2.45, 2.75) is 39.2 Å². The number of nitrogens with zero attached hydrogens (tertiary/aromatic N) is 1. The van der Waals surface area contributed by atoms with Gasteiger partial charge in [-0.05, 0) is 37.0 Å². The van der Waals surface area contributed by atoms with Gasteiger partial charge in [-0.1, -0.05) is 26.0 Å². The lowest BCUT2D eigenvalue weighted by Crippen LogP contribution is -2.39. The summed E-state index contributed by atoms with van der Waals surface area (Å²) in [5.74, 6) is -0.668. The maximum absolute atomic E-state index is 12.4.